The fourth-order valence-corrected chi connectivity index (χ4v) is 2.60. The first-order chi connectivity index (χ1) is 8.19. The maximum Gasteiger partial charge on any atom is 0.325 e. The van der Waals surface area contributed by atoms with Gasteiger partial charge in [-0.15, -0.1) is 0 Å². The molecule has 0 rings (SSSR count). The summed E-state index contributed by atoms with van der Waals surface area (Å²) in [6, 6.07) is 0. The zero-order chi connectivity index (χ0) is 14.3. The lowest BCUT2D eigenvalue weighted by Gasteiger charge is -2.25. The van der Waals surface area contributed by atoms with Gasteiger partial charge in [-0.2, -0.15) is 12.7 Å². The van der Waals surface area contributed by atoms with E-state index < -0.39 is 16.2 Å². The van der Waals surface area contributed by atoms with Crippen LogP contribution in [-0.2, 0) is 19.8 Å². The van der Waals surface area contributed by atoms with Gasteiger partial charge in [-0.1, -0.05) is 34.6 Å². The van der Waals surface area contributed by atoms with E-state index in [4.69, 9.17) is 0 Å². The number of nitrogens with zero attached hydrogens (tertiary/aromatic N) is 1. The summed E-state index contributed by atoms with van der Waals surface area (Å²) in [6.45, 7) is 10.1. The summed E-state index contributed by atoms with van der Waals surface area (Å²) >= 11 is 0. The van der Waals surface area contributed by atoms with Crippen molar-refractivity contribution in [2.45, 2.75) is 41.0 Å². The molecule has 0 amide bonds. The molecule has 0 unspecified atom stereocenters. The highest BCUT2D eigenvalue weighted by molar-refractivity contribution is 7.87. The fourth-order valence-electron chi connectivity index (χ4n) is 1.31. The van der Waals surface area contributed by atoms with E-state index >= 15 is 0 Å². The Hall–Kier alpha value is -0.660. The molecule has 0 aromatic carbocycles. The molecule has 0 heterocycles. The van der Waals surface area contributed by atoms with Crippen LogP contribution in [0.15, 0.2) is 0 Å². The molecule has 0 atom stereocenters. The summed E-state index contributed by atoms with van der Waals surface area (Å²) in [5.41, 5.74) is 0. The number of hydrogen-bond donors (Lipinski definition) is 1. The van der Waals surface area contributed by atoms with Gasteiger partial charge in [0.15, 0.2) is 0 Å². The molecule has 108 valence electrons. The molecule has 0 spiro atoms. The minimum atomic E-state index is -3.78. The Kier molecular flexibility index (Phi) is 7.42. The van der Waals surface area contributed by atoms with Crippen LogP contribution >= 0.6 is 0 Å². The molecule has 0 saturated heterocycles. The molecule has 0 radical (unpaired) electrons. The van der Waals surface area contributed by atoms with Crippen molar-refractivity contribution in [1.82, 2.24) is 9.19 Å². The first-order valence-corrected chi connectivity index (χ1v) is 7.59. The Balaban J connectivity index is 4.68. The molecule has 0 aliphatic rings. The summed E-state index contributed by atoms with van der Waals surface area (Å²) in [6.07, 6.45) is 0.122. The van der Waals surface area contributed by atoms with E-state index in [2.05, 4.69) is 4.84 Å². The van der Waals surface area contributed by atoms with Crippen LogP contribution in [0.25, 0.3) is 0 Å². The fraction of sp³-hybridized carbons (Fsp3) is 0.909. The van der Waals surface area contributed by atoms with E-state index in [1.54, 1.807) is 6.92 Å². The van der Waals surface area contributed by atoms with Crippen molar-refractivity contribution in [3.05, 3.63) is 0 Å². The molecule has 0 aromatic heterocycles. The smallest absolute Gasteiger partial charge is 0.325 e. The molecule has 6 nitrogen and oxygen atoms in total. The largest absolute Gasteiger partial charge is 0.355 e. The number of carbonyl (C=O) groups excluding carboxylic acids is 1. The van der Waals surface area contributed by atoms with Crippen LogP contribution in [0.1, 0.15) is 41.0 Å². The van der Waals surface area contributed by atoms with Crippen LogP contribution < -0.4 is 4.89 Å². The van der Waals surface area contributed by atoms with Gasteiger partial charge in [0, 0.05) is 19.5 Å². The number of nitrogens with one attached hydrogen (secondary N) is 1. The van der Waals surface area contributed by atoms with Gasteiger partial charge in [0.2, 0.25) is 0 Å². The molecule has 0 aliphatic carbocycles. The van der Waals surface area contributed by atoms with Gasteiger partial charge in [-0.05, 0) is 16.7 Å². The Bertz CT molecular complexity index is 342. The molecule has 7 heteroatoms. The van der Waals surface area contributed by atoms with Crippen LogP contribution in [0.2, 0.25) is 0 Å². The summed E-state index contributed by atoms with van der Waals surface area (Å²) in [5.74, 6) is -0.211. The van der Waals surface area contributed by atoms with E-state index in [1.165, 1.54) is 4.31 Å². The molecule has 0 aliphatic heterocycles. The van der Waals surface area contributed by atoms with Gasteiger partial charge >= 0.3 is 16.2 Å². The first kappa shape index (κ1) is 17.3. The number of hydrogen-bond acceptors (Lipinski definition) is 4. The van der Waals surface area contributed by atoms with Crippen LogP contribution in [0, 0.1) is 11.8 Å². The Morgan fingerprint density at radius 3 is 1.94 bits per heavy atom. The Morgan fingerprint density at radius 1 is 1.17 bits per heavy atom. The van der Waals surface area contributed by atoms with E-state index in [9.17, 15) is 13.2 Å². The maximum atomic E-state index is 12.0. The third-order valence-electron chi connectivity index (χ3n) is 2.03. The monoisotopic (exact) mass is 280 g/mol. The molecular formula is C11H24N2O4S. The van der Waals surface area contributed by atoms with E-state index in [0.717, 1.165) is 0 Å². The molecule has 0 saturated carbocycles. The van der Waals surface area contributed by atoms with Crippen molar-refractivity contribution >= 4 is 16.2 Å². The zero-order valence-corrected chi connectivity index (χ0v) is 12.6. The minimum absolute atomic E-state index is 0.122. The van der Waals surface area contributed by atoms with Gasteiger partial charge in [0.1, 0.15) is 0 Å². The van der Waals surface area contributed by atoms with Crippen molar-refractivity contribution in [3.8, 4) is 0 Å². The average molecular weight is 280 g/mol. The summed E-state index contributed by atoms with van der Waals surface area (Å²) in [5, 5.41) is 0. The van der Waals surface area contributed by atoms with Crippen molar-refractivity contribution in [3.63, 3.8) is 0 Å². The SMILES string of the molecule is CCC(=O)ONS(=O)(=O)N(CC(C)C)CC(C)C. The van der Waals surface area contributed by atoms with Gasteiger partial charge in [-0.25, -0.2) is 0 Å². The third-order valence-corrected chi connectivity index (χ3v) is 3.30. The summed E-state index contributed by atoms with van der Waals surface area (Å²) in [7, 11) is -3.78. The Labute approximate surface area is 110 Å². The van der Waals surface area contributed by atoms with Crippen molar-refractivity contribution in [2.75, 3.05) is 13.1 Å². The Morgan fingerprint density at radius 2 is 1.61 bits per heavy atom. The molecular weight excluding hydrogens is 256 g/mol. The normalized spacial score (nSPS) is 12.4. The van der Waals surface area contributed by atoms with Gasteiger partial charge < -0.3 is 4.84 Å². The van der Waals surface area contributed by atoms with E-state index in [0.29, 0.717) is 13.1 Å². The number of rotatable bonds is 8. The lowest BCUT2D eigenvalue weighted by atomic mass is 10.2. The molecule has 0 bridgehead atoms. The van der Waals surface area contributed by atoms with Crippen LogP contribution in [0.4, 0.5) is 0 Å². The van der Waals surface area contributed by atoms with Crippen molar-refractivity contribution in [1.29, 1.82) is 0 Å². The topological polar surface area (TPSA) is 75.7 Å². The second kappa shape index (κ2) is 7.70. The predicted octanol–water partition coefficient (Wildman–Crippen LogP) is 1.30. The highest BCUT2D eigenvalue weighted by Crippen LogP contribution is 2.08. The summed E-state index contributed by atoms with van der Waals surface area (Å²) < 4.78 is 25.2. The standard InChI is InChI=1S/C11H24N2O4S/c1-6-11(14)17-12-18(15,16)13(7-9(2)3)8-10(4)5/h9-10,12H,6-8H2,1-5H3. The highest BCUT2D eigenvalue weighted by Gasteiger charge is 2.24. The lowest BCUT2D eigenvalue weighted by Crippen LogP contribution is -2.44. The second-order valence-corrected chi connectivity index (χ2v) is 6.65. The minimum Gasteiger partial charge on any atom is -0.355 e. The zero-order valence-electron chi connectivity index (χ0n) is 11.8. The molecule has 0 fully saturated rings. The van der Waals surface area contributed by atoms with E-state index in [1.807, 2.05) is 32.6 Å². The highest BCUT2D eigenvalue weighted by atomic mass is 32.2. The van der Waals surface area contributed by atoms with Crippen molar-refractivity contribution in [2.24, 2.45) is 11.8 Å². The average Bonchev–Trinajstić information content (AvgIpc) is 2.23. The number of carbonyl (C=O) groups is 1. The predicted molar refractivity (Wildman–Crippen MR) is 69.7 cm³/mol. The van der Waals surface area contributed by atoms with E-state index in [-0.39, 0.29) is 18.3 Å². The molecule has 18 heavy (non-hydrogen) atoms. The van der Waals surface area contributed by atoms with Crippen molar-refractivity contribution < 1.29 is 18.0 Å². The quantitative estimate of drug-likeness (QED) is 0.680. The van der Waals surface area contributed by atoms with Crippen LogP contribution in [0.3, 0.4) is 0 Å². The van der Waals surface area contributed by atoms with Gasteiger partial charge in [0.25, 0.3) is 0 Å². The third kappa shape index (κ3) is 6.93. The first-order valence-electron chi connectivity index (χ1n) is 6.15. The van der Waals surface area contributed by atoms with Gasteiger partial charge in [-0.3, -0.25) is 4.79 Å². The lowest BCUT2D eigenvalue weighted by molar-refractivity contribution is -0.146. The summed E-state index contributed by atoms with van der Waals surface area (Å²) in [4.78, 5) is 17.3. The maximum absolute atomic E-state index is 12.0. The van der Waals surface area contributed by atoms with Crippen LogP contribution in [-0.4, -0.2) is 31.8 Å². The van der Waals surface area contributed by atoms with Crippen LogP contribution in [0.5, 0.6) is 0 Å². The molecule has 1 N–H and O–H groups in total. The molecule has 0 aromatic rings. The second-order valence-electron chi connectivity index (χ2n) is 5.02. The van der Waals surface area contributed by atoms with Gasteiger partial charge in [0.05, 0.1) is 0 Å².